The van der Waals surface area contributed by atoms with E-state index in [2.05, 4.69) is 135 Å². The van der Waals surface area contributed by atoms with Gasteiger partial charge in [-0.25, -0.2) is 4.98 Å². The molecule has 5 aromatic rings. The Morgan fingerprint density at radius 1 is 0.718 bits per heavy atom. The van der Waals surface area contributed by atoms with Gasteiger partial charge in [0, 0.05) is 41.8 Å². The second-order valence-electron chi connectivity index (χ2n) is 11.3. The van der Waals surface area contributed by atoms with E-state index in [1.807, 2.05) is 0 Å². The van der Waals surface area contributed by atoms with Crippen molar-refractivity contribution in [1.29, 1.82) is 0 Å². The van der Waals surface area contributed by atoms with Crippen molar-refractivity contribution in [3.8, 4) is 0 Å². The number of benzene rings is 3. The van der Waals surface area contributed by atoms with E-state index in [9.17, 15) is 0 Å². The van der Waals surface area contributed by atoms with Crippen molar-refractivity contribution in [3.05, 3.63) is 78.0 Å². The van der Waals surface area contributed by atoms with Gasteiger partial charge in [0.1, 0.15) is 12.3 Å². The average Bonchev–Trinajstić information content (AvgIpc) is 3.52. The summed E-state index contributed by atoms with van der Waals surface area (Å²) in [6.45, 7) is 11.1. The lowest BCUT2D eigenvalue weighted by atomic mass is 10.0. The van der Waals surface area contributed by atoms with E-state index >= 15 is 0 Å². The summed E-state index contributed by atoms with van der Waals surface area (Å²) >= 11 is 0. The third kappa shape index (κ3) is 3.24. The van der Waals surface area contributed by atoms with Crippen LogP contribution in [-0.4, -0.2) is 31.4 Å². The number of pyridine rings is 1. The Morgan fingerprint density at radius 3 is 1.90 bits per heavy atom. The largest absolute Gasteiger partial charge is 0.435 e. The Labute approximate surface area is 230 Å². The zero-order valence-electron chi connectivity index (χ0n) is 23.7. The fourth-order valence-electron chi connectivity index (χ4n) is 6.45. The average molecular weight is 518 g/mol. The molecule has 2 aromatic heterocycles. The molecule has 39 heavy (non-hydrogen) atoms. The Kier molecular flexibility index (Phi) is 5.15. The molecule has 6 nitrogen and oxygen atoms in total. The first-order valence-corrected chi connectivity index (χ1v) is 13.9. The molecule has 0 radical (unpaired) electrons. The number of anilines is 6. The van der Waals surface area contributed by atoms with Gasteiger partial charge in [0.25, 0.3) is 0 Å². The molecule has 0 unspecified atom stereocenters. The van der Waals surface area contributed by atoms with Crippen LogP contribution < -0.4 is 19.6 Å². The van der Waals surface area contributed by atoms with Crippen LogP contribution in [0.25, 0.3) is 22.1 Å². The Morgan fingerprint density at radius 2 is 1.28 bits per heavy atom. The summed E-state index contributed by atoms with van der Waals surface area (Å²) in [7, 11) is 4.35. The lowest BCUT2D eigenvalue weighted by Gasteiger charge is -2.33. The monoisotopic (exact) mass is 517 g/mol. The first kappa shape index (κ1) is 23.9. The SMILES string of the molecule is Cc1c(N2c3ccccc3N(C)[C@H]2C)cc2c(oc3nc(C(C)C)ccc32)c1N1c2ccccc2N(C)[C@@H]1C. The number of rotatable bonds is 3. The first-order chi connectivity index (χ1) is 18.8. The van der Waals surface area contributed by atoms with E-state index in [-0.39, 0.29) is 12.3 Å². The molecule has 0 saturated heterocycles. The Balaban J connectivity index is 1.56. The van der Waals surface area contributed by atoms with E-state index in [4.69, 9.17) is 9.40 Å². The van der Waals surface area contributed by atoms with Crippen LogP contribution in [0.1, 0.15) is 44.9 Å². The molecule has 0 fully saturated rings. The summed E-state index contributed by atoms with van der Waals surface area (Å²) in [5, 5.41) is 2.15. The van der Waals surface area contributed by atoms with Gasteiger partial charge in [-0.3, -0.25) is 0 Å². The van der Waals surface area contributed by atoms with Crippen LogP contribution in [-0.2, 0) is 0 Å². The maximum absolute atomic E-state index is 6.70. The van der Waals surface area contributed by atoms with Crippen LogP contribution in [0.3, 0.4) is 0 Å². The van der Waals surface area contributed by atoms with Gasteiger partial charge in [0.15, 0.2) is 5.58 Å². The van der Waals surface area contributed by atoms with Crippen molar-refractivity contribution in [2.45, 2.75) is 52.9 Å². The molecule has 0 bridgehead atoms. The topological polar surface area (TPSA) is 39.0 Å². The smallest absolute Gasteiger partial charge is 0.227 e. The van der Waals surface area contributed by atoms with Crippen molar-refractivity contribution < 1.29 is 4.42 Å². The molecular weight excluding hydrogens is 482 g/mol. The molecule has 0 N–H and O–H groups in total. The molecule has 198 valence electrons. The van der Waals surface area contributed by atoms with Gasteiger partial charge >= 0.3 is 0 Å². The molecular formula is C33H35N5O. The van der Waals surface area contributed by atoms with Crippen LogP contribution in [0.2, 0.25) is 0 Å². The summed E-state index contributed by atoms with van der Waals surface area (Å²) in [6, 6.07) is 24.0. The fourth-order valence-corrected chi connectivity index (χ4v) is 6.45. The summed E-state index contributed by atoms with van der Waals surface area (Å²) in [6.07, 6.45) is 0.291. The Bertz CT molecular complexity index is 1750. The van der Waals surface area contributed by atoms with Gasteiger partial charge < -0.3 is 24.0 Å². The van der Waals surface area contributed by atoms with Crippen molar-refractivity contribution in [2.24, 2.45) is 0 Å². The van der Waals surface area contributed by atoms with E-state index < -0.39 is 0 Å². The van der Waals surface area contributed by atoms with Gasteiger partial charge in [-0.1, -0.05) is 38.1 Å². The number of furan rings is 1. The minimum Gasteiger partial charge on any atom is -0.435 e. The van der Waals surface area contributed by atoms with E-state index in [0.717, 1.165) is 27.7 Å². The second kappa shape index (κ2) is 8.40. The van der Waals surface area contributed by atoms with Gasteiger partial charge in [-0.05, 0) is 69.2 Å². The third-order valence-electron chi connectivity index (χ3n) is 8.85. The van der Waals surface area contributed by atoms with E-state index in [0.29, 0.717) is 11.6 Å². The molecule has 0 saturated carbocycles. The number of hydrogen-bond donors (Lipinski definition) is 0. The van der Waals surface area contributed by atoms with Crippen molar-refractivity contribution in [1.82, 2.24) is 4.98 Å². The molecule has 3 aromatic carbocycles. The molecule has 4 heterocycles. The third-order valence-corrected chi connectivity index (χ3v) is 8.85. The molecule has 0 amide bonds. The lowest BCUT2D eigenvalue weighted by molar-refractivity contribution is 0.642. The van der Waals surface area contributed by atoms with Gasteiger partial charge in [-0.15, -0.1) is 0 Å². The number of aromatic nitrogens is 1. The van der Waals surface area contributed by atoms with E-state index in [1.165, 1.54) is 34.0 Å². The van der Waals surface area contributed by atoms with Crippen LogP contribution in [0, 0.1) is 6.92 Å². The molecule has 2 aliphatic heterocycles. The lowest BCUT2D eigenvalue weighted by Crippen LogP contribution is -2.37. The summed E-state index contributed by atoms with van der Waals surface area (Å²) in [5.41, 5.74) is 11.0. The van der Waals surface area contributed by atoms with Crippen LogP contribution in [0.5, 0.6) is 0 Å². The maximum atomic E-state index is 6.70. The molecule has 7 rings (SSSR count). The predicted molar refractivity (Wildman–Crippen MR) is 163 cm³/mol. The number of para-hydroxylation sites is 4. The van der Waals surface area contributed by atoms with Crippen molar-refractivity contribution >= 4 is 56.2 Å². The van der Waals surface area contributed by atoms with E-state index in [1.54, 1.807) is 0 Å². The number of nitrogens with zero attached hydrogens (tertiary/aromatic N) is 5. The zero-order valence-corrected chi connectivity index (χ0v) is 23.7. The maximum Gasteiger partial charge on any atom is 0.227 e. The van der Waals surface area contributed by atoms with Gasteiger partial charge in [0.2, 0.25) is 5.71 Å². The molecule has 0 spiro atoms. The normalized spacial score (nSPS) is 18.7. The highest BCUT2D eigenvalue weighted by molar-refractivity contribution is 6.12. The summed E-state index contributed by atoms with van der Waals surface area (Å²) < 4.78 is 6.70. The van der Waals surface area contributed by atoms with Gasteiger partial charge in [0.05, 0.1) is 28.4 Å². The fraction of sp³-hybridized carbons (Fsp3) is 0.303. The highest BCUT2D eigenvalue weighted by Crippen LogP contribution is 2.52. The zero-order chi connectivity index (χ0) is 27.2. The molecule has 0 aliphatic carbocycles. The highest BCUT2D eigenvalue weighted by atomic mass is 16.3. The number of fused-ring (bicyclic) bond motifs is 5. The summed E-state index contributed by atoms with van der Waals surface area (Å²) in [5.74, 6) is 0.330. The molecule has 2 atom stereocenters. The first-order valence-electron chi connectivity index (χ1n) is 13.9. The van der Waals surface area contributed by atoms with Crippen molar-refractivity contribution in [2.75, 3.05) is 33.7 Å². The standard InChI is InChI=1S/C33H35N5O/c1-19(2)25-17-16-23-24-18-30(37-21(4)35(6)26-12-8-10-14-28(26)37)20(3)31(32(24)39-33(23)34-25)38-22(5)36(7)27-13-9-11-15-29(27)38/h8-19,21-22H,1-7H3/t21-,22+/m1/s1. The van der Waals surface area contributed by atoms with Crippen molar-refractivity contribution in [3.63, 3.8) is 0 Å². The Hall–Kier alpha value is -4.19. The minimum absolute atomic E-state index is 0.123. The number of hydrogen-bond acceptors (Lipinski definition) is 6. The van der Waals surface area contributed by atoms with Crippen LogP contribution in [0.4, 0.5) is 34.1 Å². The quantitative estimate of drug-likeness (QED) is 0.240. The van der Waals surface area contributed by atoms with Crippen LogP contribution in [0.15, 0.2) is 71.1 Å². The second-order valence-corrected chi connectivity index (χ2v) is 11.3. The van der Waals surface area contributed by atoms with Gasteiger partial charge in [-0.2, -0.15) is 0 Å². The molecule has 6 heteroatoms. The minimum atomic E-state index is 0.123. The predicted octanol–water partition coefficient (Wildman–Crippen LogP) is 8.28. The summed E-state index contributed by atoms with van der Waals surface area (Å²) in [4.78, 5) is 14.6. The molecule has 2 aliphatic rings. The highest BCUT2D eigenvalue weighted by Gasteiger charge is 2.38. The van der Waals surface area contributed by atoms with Crippen LogP contribution >= 0.6 is 0 Å².